The van der Waals surface area contributed by atoms with Gasteiger partial charge in [-0.3, -0.25) is 14.4 Å². The van der Waals surface area contributed by atoms with Crippen LogP contribution in [-0.2, 0) is 28.6 Å². The third-order valence-electron chi connectivity index (χ3n) is 16.5. The lowest BCUT2D eigenvalue weighted by atomic mass is 10.0. The van der Waals surface area contributed by atoms with Crippen molar-refractivity contribution in [2.24, 2.45) is 0 Å². The zero-order valence-corrected chi connectivity index (χ0v) is 55.7. The Balaban J connectivity index is 4.23. The van der Waals surface area contributed by atoms with Crippen molar-refractivity contribution in [2.45, 2.75) is 399 Å². The number of rotatable bonds is 68. The van der Waals surface area contributed by atoms with Gasteiger partial charge in [-0.15, -0.1) is 0 Å². The second kappa shape index (κ2) is 71.6. The maximum absolute atomic E-state index is 13.0. The zero-order chi connectivity index (χ0) is 59.9. The van der Waals surface area contributed by atoms with Crippen molar-refractivity contribution >= 4 is 17.9 Å². The fraction of sp³-hybridized carbons (Fsp3) is 0.831. The summed E-state index contributed by atoms with van der Waals surface area (Å²) in [4.78, 5) is 38.5. The minimum absolute atomic E-state index is 0.0736. The zero-order valence-electron chi connectivity index (χ0n) is 55.7. The number of hydrogen-bond acceptors (Lipinski definition) is 6. The normalized spacial score (nSPS) is 12.4. The first-order chi connectivity index (χ1) is 41.0. The fourth-order valence-electron chi connectivity index (χ4n) is 10.9. The van der Waals surface area contributed by atoms with Gasteiger partial charge < -0.3 is 14.2 Å². The molecule has 0 spiro atoms. The summed E-state index contributed by atoms with van der Waals surface area (Å²) in [6.07, 6.45) is 92.5. The predicted octanol–water partition coefficient (Wildman–Crippen LogP) is 25.5. The maximum Gasteiger partial charge on any atom is 0.306 e. The molecule has 0 saturated heterocycles. The summed E-state index contributed by atoms with van der Waals surface area (Å²) in [5.74, 6) is -0.858. The molecule has 1 unspecified atom stereocenters. The van der Waals surface area contributed by atoms with Crippen LogP contribution in [0.2, 0.25) is 0 Å². The van der Waals surface area contributed by atoms with Crippen LogP contribution in [0.15, 0.2) is 60.8 Å². The molecule has 0 saturated carbocycles. The van der Waals surface area contributed by atoms with Gasteiger partial charge in [0.2, 0.25) is 0 Å². The highest BCUT2D eigenvalue weighted by Crippen LogP contribution is 2.18. The largest absolute Gasteiger partial charge is 0.462 e. The first kappa shape index (κ1) is 80.1. The molecule has 0 aliphatic rings. The van der Waals surface area contributed by atoms with E-state index in [0.29, 0.717) is 19.3 Å². The van der Waals surface area contributed by atoms with Crippen LogP contribution in [-0.4, -0.2) is 37.2 Å². The quantitative estimate of drug-likeness (QED) is 0.0261. The van der Waals surface area contributed by atoms with E-state index in [4.69, 9.17) is 14.2 Å². The Bertz CT molecular complexity index is 1470. The van der Waals surface area contributed by atoms with Crippen LogP contribution < -0.4 is 0 Å². The SMILES string of the molecule is CCCCCCC/C=C\C/C=C\C/C=C\CCCCCCCCCCCCCCCCCCC(=O)OCC(COC(=O)CCCCCCCCC/C=C\CCCCCCCC)OC(=O)CCCCCCCCC/C=C\CCCCCCCC. The molecule has 1 atom stereocenters. The lowest BCUT2D eigenvalue weighted by Crippen LogP contribution is -2.30. The summed E-state index contributed by atoms with van der Waals surface area (Å²) in [5.41, 5.74) is 0. The predicted molar refractivity (Wildman–Crippen MR) is 362 cm³/mol. The highest BCUT2D eigenvalue weighted by molar-refractivity contribution is 5.71. The standard InChI is InChI=1S/C77H140O6/c1-4-7-10-13-16-19-22-25-28-31-32-33-34-35-36-37-38-39-40-41-42-43-44-47-49-52-55-58-61-64-67-70-76(79)82-73-74(83-77(80)71-68-65-62-59-56-53-50-46-30-27-24-21-18-15-12-9-6-3)72-81-75(78)69-66-63-60-57-54-51-48-45-29-26-23-20-17-14-11-8-5-2/h22,25-27,29-32,34-35,74H,4-21,23-24,28,33,36-73H2,1-3H3/b25-22-,29-26-,30-27-,32-31-,35-34-. The second-order valence-electron chi connectivity index (χ2n) is 24.8. The van der Waals surface area contributed by atoms with Crippen molar-refractivity contribution in [1.29, 1.82) is 0 Å². The second-order valence-corrected chi connectivity index (χ2v) is 24.8. The number of unbranched alkanes of at least 4 members (excludes halogenated alkanes) is 47. The Morgan fingerprint density at radius 3 is 0.687 bits per heavy atom. The first-order valence-electron chi connectivity index (χ1n) is 36.8. The van der Waals surface area contributed by atoms with Crippen LogP contribution in [0.1, 0.15) is 393 Å². The smallest absolute Gasteiger partial charge is 0.306 e. The summed E-state index contributed by atoms with van der Waals surface area (Å²) in [7, 11) is 0. The summed E-state index contributed by atoms with van der Waals surface area (Å²) in [6.45, 7) is 6.67. The van der Waals surface area contributed by atoms with Gasteiger partial charge in [0.25, 0.3) is 0 Å². The summed E-state index contributed by atoms with van der Waals surface area (Å²) in [6, 6.07) is 0. The van der Waals surface area contributed by atoms with E-state index in [-0.39, 0.29) is 31.1 Å². The van der Waals surface area contributed by atoms with Gasteiger partial charge in [0.05, 0.1) is 0 Å². The summed E-state index contributed by atoms with van der Waals surface area (Å²) < 4.78 is 17.0. The van der Waals surface area contributed by atoms with Crippen molar-refractivity contribution < 1.29 is 28.6 Å². The van der Waals surface area contributed by atoms with Crippen molar-refractivity contribution in [3.63, 3.8) is 0 Å². The topological polar surface area (TPSA) is 78.9 Å². The lowest BCUT2D eigenvalue weighted by molar-refractivity contribution is -0.167. The van der Waals surface area contributed by atoms with Crippen LogP contribution >= 0.6 is 0 Å². The first-order valence-corrected chi connectivity index (χ1v) is 36.8. The van der Waals surface area contributed by atoms with Gasteiger partial charge in [0.1, 0.15) is 13.2 Å². The summed E-state index contributed by atoms with van der Waals surface area (Å²) >= 11 is 0. The summed E-state index contributed by atoms with van der Waals surface area (Å²) in [5, 5.41) is 0. The maximum atomic E-state index is 13.0. The van der Waals surface area contributed by atoms with Gasteiger partial charge in [-0.2, -0.15) is 0 Å². The van der Waals surface area contributed by atoms with Crippen LogP contribution in [0, 0.1) is 0 Å². The minimum Gasteiger partial charge on any atom is -0.462 e. The number of hydrogen-bond donors (Lipinski definition) is 0. The van der Waals surface area contributed by atoms with Crippen LogP contribution in [0.25, 0.3) is 0 Å². The number of allylic oxidation sites excluding steroid dienone is 10. The van der Waals surface area contributed by atoms with E-state index in [2.05, 4.69) is 81.5 Å². The molecule has 0 aliphatic heterocycles. The van der Waals surface area contributed by atoms with E-state index in [1.165, 1.54) is 283 Å². The number of carbonyl (C=O) groups excluding carboxylic acids is 3. The van der Waals surface area contributed by atoms with Gasteiger partial charge in [0, 0.05) is 19.3 Å². The molecule has 0 aromatic carbocycles. The van der Waals surface area contributed by atoms with E-state index >= 15 is 0 Å². The van der Waals surface area contributed by atoms with Gasteiger partial charge in [-0.05, 0) is 109 Å². The minimum atomic E-state index is -0.779. The van der Waals surface area contributed by atoms with E-state index in [9.17, 15) is 14.4 Å². The van der Waals surface area contributed by atoms with Crippen LogP contribution in [0.3, 0.4) is 0 Å². The fourth-order valence-corrected chi connectivity index (χ4v) is 10.9. The molecule has 0 amide bonds. The molecule has 484 valence electrons. The Morgan fingerprint density at radius 2 is 0.434 bits per heavy atom. The highest BCUT2D eigenvalue weighted by atomic mass is 16.6. The molecule has 0 fully saturated rings. The number of esters is 3. The average Bonchev–Trinajstić information content (AvgIpc) is 3.49. The van der Waals surface area contributed by atoms with E-state index in [0.717, 1.165) is 70.6 Å². The molecule has 0 heterocycles. The molecule has 0 aliphatic carbocycles. The van der Waals surface area contributed by atoms with Crippen LogP contribution in [0.5, 0.6) is 0 Å². The van der Waals surface area contributed by atoms with E-state index < -0.39 is 6.10 Å². The van der Waals surface area contributed by atoms with Gasteiger partial charge in [-0.1, -0.05) is 326 Å². The molecular formula is C77H140O6. The third kappa shape index (κ3) is 69.8. The molecule has 0 aromatic rings. The molecular weight excluding hydrogens is 1020 g/mol. The lowest BCUT2D eigenvalue weighted by Gasteiger charge is -2.18. The monoisotopic (exact) mass is 1160 g/mol. The number of carbonyl (C=O) groups is 3. The molecule has 83 heavy (non-hydrogen) atoms. The molecule has 6 nitrogen and oxygen atoms in total. The Labute approximate surface area is 517 Å². The van der Waals surface area contributed by atoms with E-state index in [1.807, 2.05) is 0 Å². The van der Waals surface area contributed by atoms with Crippen LogP contribution in [0.4, 0.5) is 0 Å². The molecule has 0 radical (unpaired) electrons. The Morgan fingerprint density at radius 1 is 0.241 bits per heavy atom. The van der Waals surface area contributed by atoms with Gasteiger partial charge >= 0.3 is 17.9 Å². The molecule has 0 bridgehead atoms. The molecule has 6 heteroatoms. The van der Waals surface area contributed by atoms with Crippen molar-refractivity contribution in [2.75, 3.05) is 13.2 Å². The van der Waals surface area contributed by atoms with Crippen molar-refractivity contribution in [1.82, 2.24) is 0 Å². The van der Waals surface area contributed by atoms with Crippen molar-refractivity contribution in [3.05, 3.63) is 60.8 Å². The molecule has 0 N–H and O–H groups in total. The third-order valence-corrected chi connectivity index (χ3v) is 16.5. The van der Waals surface area contributed by atoms with E-state index in [1.54, 1.807) is 0 Å². The molecule has 0 rings (SSSR count). The Hall–Kier alpha value is -2.89. The highest BCUT2D eigenvalue weighted by Gasteiger charge is 2.19. The van der Waals surface area contributed by atoms with Crippen molar-refractivity contribution in [3.8, 4) is 0 Å². The number of ether oxygens (including phenoxy) is 3. The van der Waals surface area contributed by atoms with Gasteiger partial charge in [0.15, 0.2) is 6.10 Å². The van der Waals surface area contributed by atoms with Gasteiger partial charge in [-0.25, -0.2) is 0 Å². The average molecular weight is 1160 g/mol. The Kier molecular flexibility index (Phi) is 69.1. The molecule has 0 aromatic heterocycles.